The van der Waals surface area contributed by atoms with Crippen molar-refractivity contribution in [2.75, 3.05) is 6.16 Å². The van der Waals surface area contributed by atoms with Gasteiger partial charge in [-0.1, -0.05) is 0 Å². The molecule has 0 aliphatic carbocycles. The maximum absolute atomic E-state index is 14.1. The van der Waals surface area contributed by atoms with Crippen molar-refractivity contribution >= 4 is 32.9 Å². The van der Waals surface area contributed by atoms with Gasteiger partial charge in [0, 0.05) is 0 Å². The van der Waals surface area contributed by atoms with Crippen molar-refractivity contribution in [2.24, 2.45) is 0 Å². The fourth-order valence-corrected chi connectivity index (χ4v) is 12.8. The van der Waals surface area contributed by atoms with E-state index in [0.717, 1.165) is 18.4 Å². The molecule has 0 aliphatic heterocycles. The molecule has 0 unspecified atom stereocenters. The van der Waals surface area contributed by atoms with Crippen LogP contribution in [0.4, 0.5) is 13.2 Å². The summed E-state index contributed by atoms with van der Waals surface area (Å²) < 4.78 is 74.3. The van der Waals surface area contributed by atoms with Gasteiger partial charge in [0.25, 0.3) is 0 Å². The van der Waals surface area contributed by atoms with Crippen LogP contribution in [0.25, 0.3) is 0 Å². The van der Waals surface area contributed by atoms with Crippen LogP contribution in [0.1, 0.15) is 40.5 Å². The van der Waals surface area contributed by atoms with E-state index >= 15 is 0 Å². The molecule has 0 fully saturated rings. The van der Waals surface area contributed by atoms with Gasteiger partial charge in [-0.25, -0.2) is 0 Å². The third-order valence-corrected chi connectivity index (χ3v) is 14.8. The zero-order valence-electron chi connectivity index (χ0n) is 24.4. The SMILES string of the molecule is CC(C)=CCCC(C)=CC=CC(C)=CCP(OS(=O)(=O)C(F)(F)F)(c1ccccc1)(c1ccccc1)c1ccccc1. The predicted molar refractivity (Wildman–Crippen MR) is 171 cm³/mol. The van der Waals surface area contributed by atoms with Gasteiger partial charge in [-0.05, 0) is 0 Å². The van der Waals surface area contributed by atoms with Crippen LogP contribution >= 0.6 is 6.83 Å². The Morgan fingerprint density at radius 3 is 1.62 bits per heavy atom. The summed E-state index contributed by atoms with van der Waals surface area (Å²) in [7, 11) is -6.05. The van der Waals surface area contributed by atoms with Crippen molar-refractivity contribution in [2.45, 2.75) is 46.0 Å². The van der Waals surface area contributed by atoms with E-state index in [1.807, 2.05) is 32.1 Å². The Morgan fingerprint density at radius 2 is 1.21 bits per heavy atom. The summed E-state index contributed by atoms with van der Waals surface area (Å²) in [5, 5.41) is 1.12. The van der Waals surface area contributed by atoms with E-state index in [2.05, 4.69) is 19.9 Å². The van der Waals surface area contributed by atoms with Crippen LogP contribution in [0, 0.1) is 0 Å². The predicted octanol–water partition coefficient (Wildman–Crippen LogP) is 8.49. The molecular weight excluding hydrogens is 576 g/mol. The fraction of sp³-hybridized carbons (Fsp3) is 0.235. The molecule has 0 amide bonds. The van der Waals surface area contributed by atoms with Crippen molar-refractivity contribution in [3.8, 4) is 0 Å². The zero-order chi connectivity index (χ0) is 30.9. The summed E-state index contributed by atoms with van der Waals surface area (Å²) >= 11 is 0. The molecule has 0 aliphatic rings. The van der Waals surface area contributed by atoms with E-state index in [1.54, 1.807) is 97.1 Å². The molecular formula is C34H38F3O3PS. The van der Waals surface area contributed by atoms with Crippen molar-refractivity contribution in [1.29, 1.82) is 0 Å². The molecule has 3 rings (SSSR count). The van der Waals surface area contributed by atoms with Crippen LogP contribution in [-0.2, 0) is 14.1 Å². The molecule has 0 N–H and O–H groups in total. The molecule has 0 bridgehead atoms. The summed E-state index contributed by atoms with van der Waals surface area (Å²) in [5.41, 5.74) is -2.41. The van der Waals surface area contributed by atoms with E-state index in [1.165, 1.54) is 11.1 Å². The number of hydrogen-bond acceptors (Lipinski definition) is 3. The number of halogens is 3. The number of alkyl halides is 3. The first-order valence-electron chi connectivity index (χ1n) is 13.7. The Hall–Kier alpha value is -3.25. The van der Waals surface area contributed by atoms with Crippen LogP contribution in [0.15, 0.2) is 138 Å². The van der Waals surface area contributed by atoms with Gasteiger partial charge in [-0.15, -0.1) is 0 Å². The fourth-order valence-electron chi connectivity index (χ4n) is 4.83. The van der Waals surface area contributed by atoms with E-state index in [4.69, 9.17) is 3.97 Å². The maximum atomic E-state index is 14.1. The summed E-state index contributed by atoms with van der Waals surface area (Å²) in [6.07, 6.45) is 11.5. The standard InChI is InChI=1S/C34H38F3O3PS/c1-28(2)16-14-17-29(3)18-15-19-30(4)26-27-41(31-20-8-5-9-21-31,32-22-10-6-11-23-32,33-24-12-7-13-25-33)40-42(38,39)34(35,36)37/h5-13,15-16,18-26H,14,17,27H2,1-4H3. The van der Waals surface area contributed by atoms with Crippen molar-refractivity contribution < 1.29 is 25.6 Å². The van der Waals surface area contributed by atoms with Gasteiger partial charge >= 0.3 is 249 Å². The van der Waals surface area contributed by atoms with Gasteiger partial charge in [-0.2, -0.15) is 0 Å². The zero-order valence-corrected chi connectivity index (χ0v) is 26.1. The van der Waals surface area contributed by atoms with Gasteiger partial charge in [0.15, 0.2) is 0 Å². The molecule has 0 aromatic heterocycles. The molecule has 0 spiro atoms. The van der Waals surface area contributed by atoms with Gasteiger partial charge in [0.2, 0.25) is 0 Å². The molecule has 0 saturated heterocycles. The summed E-state index contributed by atoms with van der Waals surface area (Å²) in [6.45, 7) is 3.17. The van der Waals surface area contributed by atoms with Crippen molar-refractivity contribution in [1.82, 2.24) is 0 Å². The average molecular weight is 615 g/mol. The van der Waals surface area contributed by atoms with Crippen LogP contribution in [0.5, 0.6) is 0 Å². The van der Waals surface area contributed by atoms with E-state index in [-0.39, 0.29) is 6.16 Å². The van der Waals surface area contributed by atoms with Gasteiger partial charge in [0.1, 0.15) is 0 Å². The minimum absolute atomic E-state index is 0.113. The second kappa shape index (κ2) is 13.8. The number of hydrogen-bond donors (Lipinski definition) is 0. The summed E-state index contributed by atoms with van der Waals surface area (Å²) in [4.78, 5) is 0. The Bertz CT molecular complexity index is 1460. The van der Waals surface area contributed by atoms with Gasteiger partial charge in [0.05, 0.1) is 0 Å². The Kier molecular flexibility index (Phi) is 10.9. The monoisotopic (exact) mass is 614 g/mol. The molecule has 42 heavy (non-hydrogen) atoms. The summed E-state index contributed by atoms with van der Waals surface area (Å²) in [6, 6.07) is 25.2. The van der Waals surface area contributed by atoms with E-state index in [0.29, 0.717) is 15.9 Å². The molecule has 3 aromatic carbocycles. The molecule has 0 radical (unpaired) electrons. The van der Waals surface area contributed by atoms with Crippen molar-refractivity contribution in [3.05, 3.63) is 138 Å². The summed E-state index contributed by atoms with van der Waals surface area (Å²) in [5.74, 6) is 0. The molecule has 3 nitrogen and oxygen atoms in total. The Morgan fingerprint density at radius 1 is 0.762 bits per heavy atom. The molecule has 3 aromatic rings. The third-order valence-electron chi connectivity index (χ3n) is 7.05. The third kappa shape index (κ3) is 7.38. The molecule has 224 valence electrons. The first-order chi connectivity index (χ1) is 19.8. The second-order valence-corrected chi connectivity index (χ2v) is 16.8. The molecule has 8 heteroatoms. The van der Waals surface area contributed by atoms with Crippen molar-refractivity contribution in [3.63, 3.8) is 0 Å². The second-order valence-electron chi connectivity index (χ2n) is 10.5. The van der Waals surface area contributed by atoms with Crippen LogP contribution in [0.3, 0.4) is 0 Å². The first kappa shape index (κ1) is 33.3. The number of allylic oxidation sites excluding steroid dienone is 8. The van der Waals surface area contributed by atoms with Crippen LogP contribution < -0.4 is 15.9 Å². The molecule has 0 heterocycles. The minimum atomic E-state index is -6.05. The number of rotatable bonds is 12. The number of benzene rings is 3. The van der Waals surface area contributed by atoms with Crippen LogP contribution in [0.2, 0.25) is 0 Å². The quantitative estimate of drug-likeness (QED) is 0.0890. The Balaban J connectivity index is 2.29. The Labute approximate surface area is 248 Å². The topological polar surface area (TPSA) is 43.4 Å². The molecule has 0 saturated carbocycles. The first-order valence-corrected chi connectivity index (χ1v) is 17.4. The van der Waals surface area contributed by atoms with Gasteiger partial charge < -0.3 is 0 Å². The normalized spacial score (nSPS) is 14.4. The van der Waals surface area contributed by atoms with E-state index < -0.39 is 22.5 Å². The van der Waals surface area contributed by atoms with E-state index in [9.17, 15) is 21.6 Å². The van der Waals surface area contributed by atoms with Gasteiger partial charge in [-0.3, -0.25) is 0 Å². The average Bonchev–Trinajstić information content (AvgIpc) is 2.96. The van der Waals surface area contributed by atoms with Crippen LogP contribution in [-0.4, -0.2) is 20.1 Å². The molecule has 0 atom stereocenters.